The van der Waals surface area contributed by atoms with Crippen LogP contribution in [0.15, 0.2) is 152 Å². The molecule has 9 aromatic rings. The fourth-order valence-electron chi connectivity index (χ4n) is 6.33. The topological polar surface area (TPSA) is 30.7 Å². The quantitative estimate of drug-likeness (QED) is 0.208. The fourth-order valence-corrected chi connectivity index (χ4v) is 7.40. The molecule has 3 heterocycles. The van der Waals surface area contributed by atoms with Crippen molar-refractivity contribution in [2.24, 2.45) is 0 Å². The summed E-state index contributed by atoms with van der Waals surface area (Å²) < 4.78 is 4.93. The highest BCUT2D eigenvalue weighted by molar-refractivity contribution is 7.25. The number of rotatable bonds is 4. The van der Waals surface area contributed by atoms with Gasteiger partial charge in [-0.1, -0.05) is 103 Å². The number of fused-ring (bicyclic) bond motifs is 6. The van der Waals surface area contributed by atoms with Gasteiger partial charge < -0.3 is 4.57 Å². The average Bonchev–Trinajstić information content (AvgIpc) is 3.64. The van der Waals surface area contributed by atoms with Crippen molar-refractivity contribution in [1.29, 1.82) is 0 Å². The number of nitrogens with zero attached hydrogens (tertiary/aromatic N) is 3. The minimum Gasteiger partial charge on any atom is -0.309 e. The van der Waals surface area contributed by atoms with Crippen molar-refractivity contribution in [3.63, 3.8) is 0 Å². The highest BCUT2D eigenvalue weighted by Gasteiger charge is 2.15. The maximum atomic E-state index is 5.09. The van der Waals surface area contributed by atoms with Gasteiger partial charge in [-0.05, 0) is 48.5 Å². The largest absolute Gasteiger partial charge is 0.309 e. The molecule has 0 radical (unpaired) electrons. The molecule has 3 nitrogen and oxygen atoms in total. The summed E-state index contributed by atoms with van der Waals surface area (Å²) >= 11 is 1.84. The summed E-state index contributed by atoms with van der Waals surface area (Å²) in [5, 5.41) is 5.04. The van der Waals surface area contributed by atoms with Crippen LogP contribution >= 0.6 is 11.3 Å². The van der Waals surface area contributed by atoms with E-state index in [1.807, 2.05) is 35.6 Å². The van der Waals surface area contributed by atoms with E-state index < -0.39 is 0 Å². The van der Waals surface area contributed by atoms with Gasteiger partial charge in [-0.15, -0.1) is 11.3 Å². The summed E-state index contributed by atoms with van der Waals surface area (Å²) in [4.78, 5) is 10.1. The number of thiophene rings is 1. The molecule has 0 spiro atoms. The molecular formula is C40H25N3S. The van der Waals surface area contributed by atoms with Crippen molar-refractivity contribution in [3.8, 4) is 39.6 Å². The van der Waals surface area contributed by atoms with Crippen LogP contribution in [0.4, 0.5) is 0 Å². The predicted molar refractivity (Wildman–Crippen MR) is 186 cm³/mol. The lowest BCUT2D eigenvalue weighted by Crippen LogP contribution is -1.95. The average molecular weight is 580 g/mol. The summed E-state index contributed by atoms with van der Waals surface area (Å²) in [5.74, 6) is 0.728. The zero-order valence-electron chi connectivity index (χ0n) is 23.7. The minimum absolute atomic E-state index is 0.728. The van der Waals surface area contributed by atoms with Crippen LogP contribution in [-0.2, 0) is 0 Å². The Bertz CT molecular complexity index is 2380. The molecule has 0 aliphatic heterocycles. The van der Waals surface area contributed by atoms with Crippen LogP contribution in [0, 0.1) is 0 Å². The van der Waals surface area contributed by atoms with Crippen molar-refractivity contribution in [2.75, 3.05) is 0 Å². The van der Waals surface area contributed by atoms with E-state index in [0.717, 1.165) is 33.9 Å². The van der Waals surface area contributed by atoms with Crippen molar-refractivity contribution < 1.29 is 0 Å². The summed E-state index contributed by atoms with van der Waals surface area (Å²) in [6.45, 7) is 0. The van der Waals surface area contributed by atoms with E-state index in [1.54, 1.807) is 0 Å². The molecule has 4 heteroatoms. The van der Waals surface area contributed by atoms with E-state index in [1.165, 1.54) is 47.7 Å². The molecule has 9 rings (SSSR count). The second-order valence-electron chi connectivity index (χ2n) is 11.1. The van der Waals surface area contributed by atoms with Crippen LogP contribution in [0.1, 0.15) is 0 Å². The van der Waals surface area contributed by atoms with Gasteiger partial charge in [0.2, 0.25) is 0 Å². The number of hydrogen-bond acceptors (Lipinski definition) is 3. The molecule has 44 heavy (non-hydrogen) atoms. The number of hydrogen-bond donors (Lipinski definition) is 0. The number of aromatic nitrogens is 3. The molecular weight excluding hydrogens is 555 g/mol. The van der Waals surface area contributed by atoms with Gasteiger partial charge in [0.15, 0.2) is 5.82 Å². The highest BCUT2D eigenvalue weighted by Crippen LogP contribution is 2.39. The Balaban J connectivity index is 1.24. The first-order valence-corrected chi connectivity index (χ1v) is 15.6. The van der Waals surface area contributed by atoms with Gasteiger partial charge in [0.25, 0.3) is 0 Å². The van der Waals surface area contributed by atoms with E-state index in [-0.39, 0.29) is 0 Å². The van der Waals surface area contributed by atoms with E-state index in [4.69, 9.17) is 9.97 Å². The third-order valence-corrected chi connectivity index (χ3v) is 9.57. The Labute approximate surface area is 258 Å². The number of para-hydroxylation sites is 2. The predicted octanol–water partition coefficient (Wildman–Crippen LogP) is 10.9. The lowest BCUT2D eigenvalue weighted by molar-refractivity contribution is 1.18. The van der Waals surface area contributed by atoms with Crippen LogP contribution in [0.5, 0.6) is 0 Å². The van der Waals surface area contributed by atoms with Gasteiger partial charge in [-0.3, -0.25) is 0 Å². The Kier molecular flexibility index (Phi) is 5.68. The van der Waals surface area contributed by atoms with Gasteiger partial charge in [0.05, 0.1) is 22.4 Å². The molecule has 206 valence electrons. The molecule has 0 fully saturated rings. The lowest BCUT2D eigenvalue weighted by Gasteiger charge is -2.10. The summed E-state index contributed by atoms with van der Waals surface area (Å²) in [6, 6.07) is 53.6. The molecule has 0 saturated carbocycles. The van der Waals surface area contributed by atoms with Gasteiger partial charge in [-0.25, -0.2) is 9.97 Å². The minimum atomic E-state index is 0.728. The lowest BCUT2D eigenvalue weighted by atomic mass is 10.0. The molecule has 0 aliphatic carbocycles. The smallest absolute Gasteiger partial charge is 0.160 e. The van der Waals surface area contributed by atoms with Crippen molar-refractivity contribution >= 4 is 53.3 Å². The Morgan fingerprint density at radius 1 is 0.409 bits per heavy atom. The first kappa shape index (κ1) is 25.0. The second-order valence-corrected chi connectivity index (χ2v) is 12.1. The first-order valence-electron chi connectivity index (χ1n) is 14.8. The molecule has 0 bridgehead atoms. The van der Waals surface area contributed by atoms with Crippen molar-refractivity contribution in [3.05, 3.63) is 152 Å². The summed E-state index contributed by atoms with van der Waals surface area (Å²) in [6.07, 6.45) is 0. The molecule has 0 saturated heterocycles. The van der Waals surface area contributed by atoms with Crippen LogP contribution in [0.25, 0.3) is 81.6 Å². The molecule has 0 atom stereocenters. The third kappa shape index (κ3) is 4.03. The zero-order valence-corrected chi connectivity index (χ0v) is 24.5. The highest BCUT2D eigenvalue weighted by atomic mass is 32.1. The van der Waals surface area contributed by atoms with E-state index in [0.29, 0.717) is 0 Å². The van der Waals surface area contributed by atoms with Gasteiger partial charge in [0, 0.05) is 53.3 Å². The standard InChI is InChI=1S/C40H25N3S/c1-3-11-26(12-4-1)34-25-35(42-40(41-34)27-13-5-2-6-14-27)28-19-21-38-32(23-28)33-24-29(20-22-39(33)44-38)43-36-17-9-7-15-30(36)31-16-8-10-18-37(31)43/h1-25H. The van der Waals surface area contributed by atoms with Crippen LogP contribution in [-0.4, -0.2) is 14.5 Å². The molecule has 6 aromatic carbocycles. The molecule has 0 unspecified atom stereocenters. The fraction of sp³-hybridized carbons (Fsp3) is 0. The van der Waals surface area contributed by atoms with Crippen LogP contribution in [0.2, 0.25) is 0 Å². The van der Waals surface area contributed by atoms with Crippen LogP contribution in [0.3, 0.4) is 0 Å². The monoisotopic (exact) mass is 579 g/mol. The first-order chi connectivity index (χ1) is 21.8. The van der Waals surface area contributed by atoms with E-state index in [9.17, 15) is 0 Å². The maximum absolute atomic E-state index is 5.09. The Hall–Kier alpha value is -5.58. The second kappa shape index (κ2) is 10.0. The third-order valence-electron chi connectivity index (χ3n) is 8.41. The summed E-state index contributed by atoms with van der Waals surface area (Å²) in [7, 11) is 0. The molecule has 0 amide bonds. The Morgan fingerprint density at radius 3 is 1.64 bits per heavy atom. The zero-order chi connectivity index (χ0) is 29.0. The van der Waals surface area contributed by atoms with Gasteiger partial charge in [-0.2, -0.15) is 0 Å². The maximum Gasteiger partial charge on any atom is 0.160 e. The van der Waals surface area contributed by atoms with E-state index >= 15 is 0 Å². The molecule has 0 N–H and O–H groups in total. The van der Waals surface area contributed by atoms with Crippen LogP contribution < -0.4 is 0 Å². The number of benzene rings is 6. The van der Waals surface area contributed by atoms with Gasteiger partial charge >= 0.3 is 0 Å². The van der Waals surface area contributed by atoms with E-state index in [2.05, 4.69) is 132 Å². The van der Waals surface area contributed by atoms with Crippen molar-refractivity contribution in [2.45, 2.75) is 0 Å². The normalized spacial score (nSPS) is 11.6. The van der Waals surface area contributed by atoms with Gasteiger partial charge in [0.1, 0.15) is 0 Å². The molecule has 0 aliphatic rings. The SMILES string of the molecule is c1ccc(-c2cc(-c3ccc4sc5ccc(-n6c7ccccc7c7ccccc76)cc5c4c3)nc(-c3ccccc3)n2)cc1. The van der Waals surface area contributed by atoms with Crippen molar-refractivity contribution in [1.82, 2.24) is 14.5 Å². The Morgan fingerprint density at radius 2 is 0.955 bits per heavy atom. The molecule has 3 aromatic heterocycles. The summed E-state index contributed by atoms with van der Waals surface area (Å²) in [5.41, 5.74) is 8.59.